The molecule has 6 rings (SSSR count). The molecule has 1 saturated heterocycles. The average Bonchev–Trinajstić information content (AvgIpc) is 3.35. The molecule has 0 spiro atoms. The molecule has 0 bridgehead atoms. The number of ether oxygens (including phenoxy) is 1. The van der Waals surface area contributed by atoms with Crippen molar-refractivity contribution in [2.24, 2.45) is 5.92 Å². The molecule has 3 heterocycles. The van der Waals surface area contributed by atoms with Crippen LogP contribution in [-0.4, -0.2) is 64.7 Å². The van der Waals surface area contributed by atoms with Gasteiger partial charge >= 0.3 is 6.03 Å². The highest BCUT2D eigenvalue weighted by Gasteiger charge is 2.49. The predicted molar refractivity (Wildman–Crippen MR) is 155 cm³/mol. The van der Waals surface area contributed by atoms with Gasteiger partial charge < -0.3 is 29.9 Å². The van der Waals surface area contributed by atoms with E-state index in [4.69, 9.17) is 4.74 Å². The molecule has 206 valence electrons. The van der Waals surface area contributed by atoms with Gasteiger partial charge in [0, 0.05) is 41.9 Å². The summed E-state index contributed by atoms with van der Waals surface area (Å²) in [5, 5.41) is 14.8. The van der Waals surface area contributed by atoms with E-state index in [1.807, 2.05) is 47.4 Å². The van der Waals surface area contributed by atoms with Crippen LogP contribution in [0.2, 0.25) is 0 Å². The summed E-state index contributed by atoms with van der Waals surface area (Å²) in [6.07, 6.45) is 0.373. The van der Waals surface area contributed by atoms with Gasteiger partial charge in [-0.05, 0) is 72.9 Å². The highest BCUT2D eigenvalue weighted by atomic mass is 16.5. The Balaban J connectivity index is 1.33. The number of aliphatic hydroxyl groups excluding tert-OH is 1. The van der Waals surface area contributed by atoms with Gasteiger partial charge in [-0.15, -0.1) is 0 Å². The minimum absolute atomic E-state index is 0.112. The van der Waals surface area contributed by atoms with Crippen LogP contribution in [0.1, 0.15) is 30.6 Å². The summed E-state index contributed by atoms with van der Waals surface area (Å²) in [6.45, 7) is 2.21. The molecule has 0 aliphatic carbocycles. The Morgan fingerprint density at radius 3 is 2.52 bits per heavy atom. The molecule has 3 aromatic carbocycles. The second-order valence-electron chi connectivity index (χ2n) is 10.8. The van der Waals surface area contributed by atoms with Gasteiger partial charge in [0.25, 0.3) is 0 Å². The maximum atomic E-state index is 13.8. The minimum Gasteiger partial charge on any atom is -0.497 e. The SMILES string of the molecule is COc1ccc(-c2ccc3[nH]c4c(c3c2)CCN2C(=O)[C@@H]([C@H](C)O)[C@@H](N(C)C(=O)Nc3ccccc3)C[C@@H]42)cc1. The van der Waals surface area contributed by atoms with Crippen LogP contribution in [0.25, 0.3) is 22.0 Å². The molecule has 2 aliphatic rings. The summed E-state index contributed by atoms with van der Waals surface area (Å²) < 4.78 is 5.31. The number of aliphatic hydroxyl groups is 1. The van der Waals surface area contributed by atoms with Gasteiger partial charge in [-0.2, -0.15) is 0 Å². The number of methoxy groups -OCH3 is 1. The predicted octanol–water partition coefficient (Wildman–Crippen LogP) is 5.20. The smallest absolute Gasteiger partial charge is 0.321 e. The fraction of sp³-hybridized carbons (Fsp3) is 0.312. The lowest BCUT2D eigenvalue weighted by Crippen LogP contribution is -2.60. The number of rotatable bonds is 5. The van der Waals surface area contributed by atoms with Crippen molar-refractivity contribution in [3.8, 4) is 16.9 Å². The van der Waals surface area contributed by atoms with Crippen molar-refractivity contribution in [2.45, 2.75) is 38.0 Å². The summed E-state index contributed by atoms with van der Waals surface area (Å²) in [6, 6.07) is 22.7. The van der Waals surface area contributed by atoms with E-state index in [1.165, 1.54) is 5.56 Å². The number of aromatic nitrogens is 1. The van der Waals surface area contributed by atoms with Crippen LogP contribution in [0.3, 0.4) is 0 Å². The molecule has 0 saturated carbocycles. The van der Waals surface area contributed by atoms with E-state index in [0.717, 1.165) is 39.9 Å². The molecular formula is C32H34N4O4. The van der Waals surface area contributed by atoms with Crippen LogP contribution >= 0.6 is 0 Å². The summed E-state index contributed by atoms with van der Waals surface area (Å²) in [7, 11) is 3.37. The van der Waals surface area contributed by atoms with Crippen LogP contribution < -0.4 is 10.1 Å². The molecule has 1 aromatic heterocycles. The number of carbonyl (C=O) groups excluding carboxylic acids is 2. The Kier molecular flexibility index (Phi) is 6.72. The lowest BCUT2D eigenvalue weighted by Gasteiger charge is -2.48. The molecule has 4 atom stereocenters. The summed E-state index contributed by atoms with van der Waals surface area (Å²) in [4.78, 5) is 34.1. The number of amides is 3. The normalized spacial score (nSPS) is 20.9. The Morgan fingerprint density at radius 2 is 1.82 bits per heavy atom. The highest BCUT2D eigenvalue weighted by molar-refractivity contribution is 5.92. The van der Waals surface area contributed by atoms with E-state index in [0.29, 0.717) is 18.7 Å². The van der Waals surface area contributed by atoms with E-state index in [-0.39, 0.29) is 18.0 Å². The largest absolute Gasteiger partial charge is 0.497 e. The fourth-order valence-corrected chi connectivity index (χ4v) is 6.38. The van der Waals surface area contributed by atoms with E-state index in [2.05, 4.69) is 40.6 Å². The number of aromatic amines is 1. The van der Waals surface area contributed by atoms with Crippen LogP contribution in [0.5, 0.6) is 5.75 Å². The average molecular weight is 539 g/mol. The number of fused-ring (bicyclic) bond motifs is 5. The van der Waals surface area contributed by atoms with Crippen molar-refractivity contribution >= 4 is 28.5 Å². The molecule has 8 heteroatoms. The molecule has 3 N–H and O–H groups in total. The topological polar surface area (TPSA) is 97.9 Å². The minimum atomic E-state index is -0.887. The first kappa shape index (κ1) is 26.0. The first-order chi connectivity index (χ1) is 19.4. The van der Waals surface area contributed by atoms with Gasteiger partial charge in [-0.3, -0.25) is 4.79 Å². The lowest BCUT2D eigenvalue weighted by atomic mass is 9.79. The molecule has 40 heavy (non-hydrogen) atoms. The van der Waals surface area contributed by atoms with Crippen molar-refractivity contribution in [1.82, 2.24) is 14.8 Å². The zero-order chi connectivity index (χ0) is 28.0. The van der Waals surface area contributed by atoms with Gasteiger partial charge in [0.1, 0.15) is 5.75 Å². The third-order valence-corrected chi connectivity index (χ3v) is 8.48. The van der Waals surface area contributed by atoms with E-state index in [9.17, 15) is 14.7 Å². The van der Waals surface area contributed by atoms with Crippen molar-refractivity contribution in [2.75, 3.05) is 26.0 Å². The molecule has 0 unspecified atom stereocenters. The molecule has 1 fully saturated rings. The zero-order valence-corrected chi connectivity index (χ0v) is 22.9. The molecule has 8 nitrogen and oxygen atoms in total. The number of hydrogen-bond donors (Lipinski definition) is 3. The van der Waals surface area contributed by atoms with Crippen molar-refractivity contribution in [3.63, 3.8) is 0 Å². The zero-order valence-electron chi connectivity index (χ0n) is 22.9. The molecule has 4 aromatic rings. The Hall–Kier alpha value is -4.30. The van der Waals surface area contributed by atoms with Crippen LogP contribution in [0.15, 0.2) is 72.8 Å². The number of urea groups is 1. The second-order valence-corrected chi connectivity index (χ2v) is 10.8. The number of para-hydroxylation sites is 1. The first-order valence-electron chi connectivity index (χ1n) is 13.7. The maximum Gasteiger partial charge on any atom is 0.321 e. The number of benzene rings is 3. The van der Waals surface area contributed by atoms with Gasteiger partial charge in [0.15, 0.2) is 0 Å². The second kappa shape index (κ2) is 10.4. The molecule has 0 radical (unpaired) electrons. The van der Waals surface area contributed by atoms with Crippen molar-refractivity contribution in [1.29, 1.82) is 0 Å². The summed E-state index contributed by atoms with van der Waals surface area (Å²) in [5.41, 5.74) is 6.16. The number of hydrogen-bond acceptors (Lipinski definition) is 4. The van der Waals surface area contributed by atoms with Crippen LogP contribution in [0, 0.1) is 5.92 Å². The van der Waals surface area contributed by atoms with Crippen molar-refractivity contribution in [3.05, 3.63) is 84.1 Å². The van der Waals surface area contributed by atoms with Crippen LogP contribution in [0.4, 0.5) is 10.5 Å². The number of piperidine rings is 1. The van der Waals surface area contributed by atoms with Gasteiger partial charge in [0.05, 0.1) is 25.2 Å². The van der Waals surface area contributed by atoms with E-state index >= 15 is 0 Å². The Labute approximate surface area is 233 Å². The number of carbonyl (C=O) groups is 2. The summed E-state index contributed by atoms with van der Waals surface area (Å²) in [5.74, 6) is 0.00704. The third kappa shape index (κ3) is 4.48. The highest BCUT2D eigenvalue weighted by Crippen LogP contribution is 2.44. The third-order valence-electron chi connectivity index (χ3n) is 8.48. The van der Waals surface area contributed by atoms with Gasteiger partial charge in [-0.1, -0.05) is 36.4 Å². The number of nitrogens with zero attached hydrogens (tertiary/aromatic N) is 2. The van der Waals surface area contributed by atoms with Crippen LogP contribution in [-0.2, 0) is 11.2 Å². The monoisotopic (exact) mass is 538 g/mol. The first-order valence-corrected chi connectivity index (χ1v) is 13.7. The van der Waals surface area contributed by atoms with Gasteiger partial charge in [0.2, 0.25) is 5.91 Å². The molecule has 3 amide bonds. The van der Waals surface area contributed by atoms with E-state index < -0.39 is 18.1 Å². The number of nitrogens with one attached hydrogen (secondary N) is 2. The maximum absolute atomic E-state index is 13.8. The molecular weight excluding hydrogens is 504 g/mol. The molecule has 2 aliphatic heterocycles. The van der Waals surface area contributed by atoms with Gasteiger partial charge in [-0.25, -0.2) is 4.79 Å². The Morgan fingerprint density at radius 1 is 1.10 bits per heavy atom. The van der Waals surface area contributed by atoms with E-state index in [1.54, 1.807) is 26.0 Å². The fourth-order valence-electron chi connectivity index (χ4n) is 6.38. The number of H-pyrrole nitrogens is 1. The number of anilines is 1. The quantitative estimate of drug-likeness (QED) is 0.325. The summed E-state index contributed by atoms with van der Waals surface area (Å²) >= 11 is 0. The Bertz CT molecular complexity index is 1550. The standard InChI is InChI=1S/C32H34N4O4/c1-19(37)29-27(35(2)32(39)33-22-7-5-4-6-8-22)18-28-30-24(15-16-36(28)31(29)38)25-17-21(11-14-26(25)34-30)20-9-12-23(40-3)13-10-20/h4-14,17,19,27-29,34,37H,15-16,18H2,1-3H3,(H,33,39)/t19-,27-,28-,29-/m0/s1. The lowest BCUT2D eigenvalue weighted by molar-refractivity contribution is -0.151. The van der Waals surface area contributed by atoms with Crippen molar-refractivity contribution < 1.29 is 19.4 Å².